The van der Waals surface area contributed by atoms with Gasteiger partial charge >= 0.3 is 0 Å². The summed E-state index contributed by atoms with van der Waals surface area (Å²) in [5.74, 6) is -0.925. The van der Waals surface area contributed by atoms with Crippen LogP contribution in [0.4, 0.5) is 0 Å². The SMILES string of the molecule is C[C@@H](O)CC(C)(C)S(=O)(=O)C1(CN2CCC3C(C(=O)NCc4ccc(C#N)cc4)=NN(C)C3C2=O)CC1. The Labute approximate surface area is 218 Å². The van der Waals surface area contributed by atoms with Gasteiger partial charge in [-0.05, 0) is 64.2 Å². The average molecular weight is 530 g/mol. The van der Waals surface area contributed by atoms with Crippen molar-refractivity contribution in [3.05, 3.63) is 35.4 Å². The van der Waals surface area contributed by atoms with Gasteiger partial charge in [-0.3, -0.25) is 14.6 Å². The van der Waals surface area contributed by atoms with Gasteiger partial charge in [0.1, 0.15) is 11.8 Å². The summed E-state index contributed by atoms with van der Waals surface area (Å²) < 4.78 is 25.0. The smallest absolute Gasteiger partial charge is 0.268 e. The Bertz CT molecular complexity index is 1240. The van der Waals surface area contributed by atoms with Gasteiger partial charge in [0.2, 0.25) is 5.91 Å². The molecule has 1 aromatic rings. The zero-order valence-electron chi connectivity index (χ0n) is 21.8. The monoisotopic (exact) mass is 529 g/mol. The van der Waals surface area contributed by atoms with Crippen molar-refractivity contribution in [3.63, 3.8) is 0 Å². The fourth-order valence-electron chi connectivity index (χ4n) is 5.68. The van der Waals surface area contributed by atoms with E-state index in [0.717, 1.165) is 5.56 Å². The van der Waals surface area contributed by atoms with Gasteiger partial charge in [0, 0.05) is 32.6 Å². The number of nitriles is 1. The average Bonchev–Trinajstić information content (AvgIpc) is 3.55. The highest BCUT2D eigenvalue weighted by Gasteiger charge is 2.61. The molecule has 4 rings (SSSR count). The molecule has 1 saturated carbocycles. The van der Waals surface area contributed by atoms with E-state index in [1.807, 2.05) is 0 Å². The Morgan fingerprint density at radius 2 is 1.97 bits per heavy atom. The number of sulfone groups is 1. The summed E-state index contributed by atoms with van der Waals surface area (Å²) in [6.45, 7) is 5.61. The number of likely N-dealkylation sites (tertiary alicyclic amines) is 1. The van der Waals surface area contributed by atoms with Gasteiger partial charge in [-0.1, -0.05) is 12.1 Å². The number of amides is 2. The maximum absolute atomic E-state index is 13.6. The van der Waals surface area contributed by atoms with Crippen LogP contribution in [0.3, 0.4) is 0 Å². The lowest BCUT2D eigenvalue weighted by molar-refractivity contribution is -0.140. The van der Waals surface area contributed by atoms with Crippen LogP contribution in [0.15, 0.2) is 29.4 Å². The number of nitrogens with zero attached hydrogens (tertiary/aromatic N) is 4. The molecule has 2 aliphatic heterocycles. The third-order valence-electron chi connectivity index (χ3n) is 7.82. The first-order valence-corrected chi connectivity index (χ1v) is 14.1. The minimum atomic E-state index is -3.62. The minimum Gasteiger partial charge on any atom is -0.393 e. The van der Waals surface area contributed by atoms with Crippen molar-refractivity contribution >= 4 is 27.4 Å². The summed E-state index contributed by atoms with van der Waals surface area (Å²) >= 11 is 0. The Kier molecular flexibility index (Phi) is 7.12. The van der Waals surface area contributed by atoms with E-state index in [9.17, 15) is 23.1 Å². The quantitative estimate of drug-likeness (QED) is 0.489. The van der Waals surface area contributed by atoms with Crippen LogP contribution in [0.25, 0.3) is 0 Å². The van der Waals surface area contributed by atoms with Gasteiger partial charge in [-0.25, -0.2) is 8.42 Å². The molecule has 11 heteroatoms. The summed E-state index contributed by atoms with van der Waals surface area (Å²) in [5.41, 5.74) is 1.69. The minimum absolute atomic E-state index is 0.120. The van der Waals surface area contributed by atoms with Crippen LogP contribution in [-0.4, -0.2) is 82.7 Å². The molecule has 2 unspecified atom stereocenters. The lowest BCUT2D eigenvalue weighted by Crippen LogP contribution is -2.57. The van der Waals surface area contributed by atoms with E-state index in [-0.39, 0.29) is 37.2 Å². The van der Waals surface area contributed by atoms with Gasteiger partial charge in [0.25, 0.3) is 5.91 Å². The number of carbonyl (C=O) groups is 2. The molecule has 2 fully saturated rings. The van der Waals surface area contributed by atoms with Gasteiger partial charge in [-0.2, -0.15) is 10.4 Å². The summed E-state index contributed by atoms with van der Waals surface area (Å²) in [6.07, 6.45) is 0.880. The number of rotatable bonds is 9. The molecular formula is C26H35N5O5S. The van der Waals surface area contributed by atoms with Crippen LogP contribution in [-0.2, 0) is 26.0 Å². The Morgan fingerprint density at radius 1 is 1.32 bits per heavy atom. The number of fused-ring (bicyclic) bond motifs is 1. The van der Waals surface area contributed by atoms with Gasteiger partial charge in [0.15, 0.2) is 9.84 Å². The normalized spacial score (nSPS) is 23.7. The predicted octanol–water partition coefficient (Wildman–Crippen LogP) is 1.19. The Morgan fingerprint density at radius 3 is 2.54 bits per heavy atom. The van der Waals surface area contributed by atoms with Gasteiger partial charge < -0.3 is 15.3 Å². The van der Waals surface area contributed by atoms with Crippen molar-refractivity contribution in [2.75, 3.05) is 20.1 Å². The molecule has 3 atom stereocenters. The van der Waals surface area contributed by atoms with Crippen LogP contribution in [0.5, 0.6) is 0 Å². The van der Waals surface area contributed by atoms with E-state index >= 15 is 0 Å². The number of aliphatic hydroxyl groups excluding tert-OH is 1. The third kappa shape index (κ3) is 4.97. The maximum Gasteiger partial charge on any atom is 0.268 e. The number of piperidine rings is 1. The highest BCUT2D eigenvalue weighted by molar-refractivity contribution is 7.94. The number of hydrogen-bond donors (Lipinski definition) is 2. The molecule has 0 radical (unpaired) electrons. The standard InChI is InChI=1S/C26H35N5O5S/c1-17(32)13-25(2,3)37(35,36)26(10-11-26)16-31-12-9-20-21(29-30(4)22(20)24(31)34)23(33)28-15-19-7-5-18(14-27)6-8-19/h5-8,17,20,22,32H,9-13,15-16H2,1-4H3,(H,28,33)/t17-,20?,22?/m1/s1. The molecule has 2 amide bonds. The molecule has 1 aliphatic carbocycles. The fraction of sp³-hybridized carbons (Fsp3) is 0.615. The number of carbonyl (C=O) groups excluding carboxylic acids is 2. The zero-order valence-corrected chi connectivity index (χ0v) is 22.6. The molecule has 10 nitrogen and oxygen atoms in total. The molecule has 3 aliphatic rings. The van der Waals surface area contributed by atoms with Gasteiger partial charge in [-0.15, -0.1) is 0 Å². The van der Waals surface area contributed by atoms with Crippen molar-refractivity contribution in [3.8, 4) is 6.07 Å². The second-order valence-corrected chi connectivity index (χ2v) is 14.1. The molecule has 37 heavy (non-hydrogen) atoms. The molecule has 1 saturated heterocycles. The number of hydrogen-bond acceptors (Lipinski definition) is 8. The molecule has 2 N–H and O–H groups in total. The summed E-state index contributed by atoms with van der Waals surface area (Å²) in [4.78, 5) is 28.1. The molecule has 1 aromatic carbocycles. The maximum atomic E-state index is 13.6. The summed E-state index contributed by atoms with van der Waals surface area (Å²) in [7, 11) is -1.96. The third-order valence-corrected chi connectivity index (χ3v) is 11.1. The van der Waals surface area contributed by atoms with E-state index in [0.29, 0.717) is 37.1 Å². The van der Waals surface area contributed by atoms with E-state index in [2.05, 4.69) is 16.5 Å². The number of hydrazone groups is 1. The lowest BCUT2D eigenvalue weighted by Gasteiger charge is -2.39. The van der Waals surface area contributed by atoms with E-state index < -0.39 is 31.5 Å². The number of benzene rings is 1. The van der Waals surface area contributed by atoms with Crippen LogP contribution < -0.4 is 5.32 Å². The molecule has 2 heterocycles. The molecule has 0 bridgehead atoms. The number of likely N-dealkylation sites (N-methyl/N-ethyl adjacent to an activating group) is 1. The van der Waals surface area contributed by atoms with Gasteiger partial charge in [0.05, 0.1) is 27.2 Å². The first-order valence-electron chi connectivity index (χ1n) is 12.6. The first-order chi connectivity index (χ1) is 17.3. The predicted molar refractivity (Wildman–Crippen MR) is 138 cm³/mol. The van der Waals surface area contributed by atoms with Crippen LogP contribution >= 0.6 is 0 Å². The van der Waals surface area contributed by atoms with E-state index in [1.54, 1.807) is 57.0 Å². The van der Waals surface area contributed by atoms with E-state index in [1.165, 1.54) is 5.01 Å². The van der Waals surface area contributed by atoms with E-state index in [4.69, 9.17) is 5.26 Å². The van der Waals surface area contributed by atoms with Crippen molar-refractivity contribution in [2.24, 2.45) is 11.0 Å². The summed E-state index contributed by atoms with van der Waals surface area (Å²) in [5, 5.41) is 27.5. The molecule has 0 aromatic heterocycles. The zero-order chi connectivity index (χ0) is 27.2. The van der Waals surface area contributed by atoms with Crippen LogP contribution in [0.1, 0.15) is 57.6 Å². The largest absolute Gasteiger partial charge is 0.393 e. The Balaban J connectivity index is 1.41. The Hall–Kier alpha value is -2.97. The number of aliphatic hydroxyl groups is 1. The molecule has 0 spiro atoms. The van der Waals surface area contributed by atoms with Crippen LogP contribution in [0.2, 0.25) is 0 Å². The second kappa shape index (κ2) is 9.72. The number of nitrogens with one attached hydrogen (secondary N) is 1. The second-order valence-electron chi connectivity index (χ2n) is 11.1. The van der Waals surface area contributed by atoms with Crippen molar-refractivity contribution in [1.82, 2.24) is 15.2 Å². The highest BCUT2D eigenvalue weighted by Crippen LogP contribution is 2.50. The van der Waals surface area contributed by atoms with Crippen molar-refractivity contribution < 1.29 is 23.1 Å². The highest BCUT2D eigenvalue weighted by atomic mass is 32.2. The lowest BCUT2D eigenvalue weighted by atomic mass is 9.87. The van der Waals surface area contributed by atoms with Crippen molar-refractivity contribution in [1.29, 1.82) is 5.26 Å². The molecule has 200 valence electrons. The fourth-order valence-corrected chi connectivity index (χ4v) is 8.28. The van der Waals surface area contributed by atoms with Crippen molar-refractivity contribution in [2.45, 2.75) is 74.6 Å². The first kappa shape index (κ1) is 27.1. The van der Waals surface area contributed by atoms with Crippen LogP contribution in [0, 0.1) is 17.2 Å². The molecular weight excluding hydrogens is 494 g/mol. The summed E-state index contributed by atoms with van der Waals surface area (Å²) in [6, 6.07) is 8.33. The topological polar surface area (TPSA) is 143 Å².